The van der Waals surface area contributed by atoms with Crippen molar-refractivity contribution in [2.24, 2.45) is 0 Å². The van der Waals surface area contributed by atoms with Crippen LogP contribution in [0.1, 0.15) is 54.6 Å². The number of hydrogen-bond donors (Lipinski definition) is 3. The van der Waals surface area contributed by atoms with Gasteiger partial charge in [0.25, 0.3) is 0 Å². The topological polar surface area (TPSA) is 91.5 Å². The smallest absolute Gasteiger partial charge is 0.222 e. The van der Waals surface area contributed by atoms with E-state index in [0.717, 1.165) is 17.5 Å². The van der Waals surface area contributed by atoms with Crippen LogP contribution in [-0.2, 0) is 4.79 Å². The molecule has 6 nitrogen and oxygen atoms in total. The van der Waals surface area contributed by atoms with Crippen molar-refractivity contribution in [2.45, 2.75) is 38.0 Å². The Hall–Kier alpha value is -3.00. The van der Waals surface area contributed by atoms with Crippen molar-refractivity contribution in [3.8, 4) is 11.1 Å². The zero-order chi connectivity index (χ0) is 24.4. The van der Waals surface area contributed by atoms with Gasteiger partial charge in [-0.3, -0.25) is 10.1 Å². The zero-order valence-electron chi connectivity index (χ0n) is 19.1. The number of benzene rings is 2. The molecule has 1 amide bonds. The first-order valence-electron chi connectivity index (χ1n) is 11.2. The first kappa shape index (κ1) is 24.1. The maximum atomic E-state index is 15.1. The van der Waals surface area contributed by atoms with Crippen molar-refractivity contribution in [1.82, 2.24) is 15.2 Å². The lowest BCUT2D eigenvalue weighted by molar-refractivity contribution is -0.132. The first-order chi connectivity index (χ1) is 16.2. The van der Waals surface area contributed by atoms with Gasteiger partial charge in [-0.25, -0.2) is 9.37 Å². The second-order valence-corrected chi connectivity index (χ2v) is 9.23. The number of nitrogens with one attached hydrogen (secondary N) is 1. The molecule has 178 valence electrons. The summed E-state index contributed by atoms with van der Waals surface area (Å²) in [6.45, 7) is 2.55. The number of aliphatic hydroxyl groups is 1. The number of nitrogens with two attached hydrogens (primary N) is 1. The number of carbonyl (C=O) groups is 1. The summed E-state index contributed by atoms with van der Waals surface area (Å²) in [6, 6.07) is 13.5. The van der Waals surface area contributed by atoms with Crippen molar-refractivity contribution < 1.29 is 14.3 Å². The standard InChI is InChI=1S/C26H28ClFN4O2/c1-15(16-4-3-5-20(27)10-16)31-26(34)21-7-6-18(12-23(21)28)22-11-19(14-30-25(22)29)17-8-9-32(2)24(33)13-17/h3-7,10-12,14-15,17,26,31,34H,8-9,13H2,1-2H3,(H2,29,30)/t15-,17?,26?/m1/s1. The number of nitrogens with zero attached hydrogens (tertiary/aromatic N) is 2. The number of rotatable bonds is 6. The Morgan fingerprint density at radius 2 is 2.06 bits per heavy atom. The molecule has 1 aliphatic heterocycles. The highest BCUT2D eigenvalue weighted by atomic mass is 35.5. The fourth-order valence-electron chi connectivity index (χ4n) is 4.29. The predicted octanol–water partition coefficient (Wildman–Crippen LogP) is 4.80. The molecule has 8 heteroatoms. The summed E-state index contributed by atoms with van der Waals surface area (Å²) in [7, 11) is 1.80. The number of aliphatic hydroxyl groups excluding tert-OH is 1. The third-order valence-corrected chi connectivity index (χ3v) is 6.67. The van der Waals surface area contributed by atoms with Gasteiger partial charge in [0.15, 0.2) is 0 Å². The minimum atomic E-state index is -1.21. The number of aromatic nitrogens is 1. The fourth-order valence-corrected chi connectivity index (χ4v) is 4.49. The number of halogens is 2. The maximum absolute atomic E-state index is 15.1. The fraction of sp³-hybridized carbons (Fsp3) is 0.308. The first-order valence-corrected chi connectivity index (χ1v) is 11.6. The lowest BCUT2D eigenvalue weighted by Crippen LogP contribution is -2.34. The van der Waals surface area contributed by atoms with Gasteiger partial charge in [-0.2, -0.15) is 0 Å². The summed E-state index contributed by atoms with van der Waals surface area (Å²) in [4.78, 5) is 18.1. The van der Waals surface area contributed by atoms with E-state index in [9.17, 15) is 9.90 Å². The van der Waals surface area contributed by atoms with Gasteiger partial charge in [0.2, 0.25) is 5.91 Å². The normalized spacial score (nSPS) is 18.1. The molecule has 1 saturated heterocycles. The predicted molar refractivity (Wildman–Crippen MR) is 132 cm³/mol. The van der Waals surface area contributed by atoms with Gasteiger partial charge in [0.05, 0.1) is 0 Å². The van der Waals surface area contributed by atoms with E-state index >= 15 is 4.39 Å². The van der Waals surface area contributed by atoms with Gasteiger partial charge < -0.3 is 15.7 Å². The van der Waals surface area contributed by atoms with E-state index in [-0.39, 0.29) is 29.2 Å². The molecule has 3 aromatic rings. The Morgan fingerprint density at radius 3 is 2.76 bits per heavy atom. The van der Waals surface area contributed by atoms with Gasteiger partial charge in [0, 0.05) is 48.4 Å². The monoisotopic (exact) mass is 482 g/mol. The molecular formula is C26H28ClFN4O2. The number of anilines is 1. The molecule has 2 heterocycles. The summed E-state index contributed by atoms with van der Waals surface area (Å²) in [5.41, 5.74) is 9.19. The third kappa shape index (κ3) is 5.22. The van der Waals surface area contributed by atoms with Crippen molar-refractivity contribution in [2.75, 3.05) is 19.3 Å². The van der Waals surface area contributed by atoms with Crippen molar-refractivity contribution >= 4 is 23.3 Å². The summed E-state index contributed by atoms with van der Waals surface area (Å²) >= 11 is 6.05. The molecule has 0 saturated carbocycles. The minimum Gasteiger partial charge on any atom is -0.383 e. The van der Waals surface area contributed by atoms with Crippen LogP contribution in [0.25, 0.3) is 11.1 Å². The Morgan fingerprint density at radius 1 is 1.26 bits per heavy atom. The van der Waals surface area contributed by atoms with Crippen LogP contribution in [0.2, 0.25) is 5.02 Å². The van der Waals surface area contributed by atoms with E-state index in [1.807, 2.05) is 25.1 Å². The van der Waals surface area contributed by atoms with E-state index < -0.39 is 12.0 Å². The number of amides is 1. The summed E-state index contributed by atoms with van der Waals surface area (Å²) < 4.78 is 15.1. The van der Waals surface area contributed by atoms with Crippen LogP contribution in [0.15, 0.2) is 54.7 Å². The maximum Gasteiger partial charge on any atom is 0.222 e. The average Bonchev–Trinajstić information content (AvgIpc) is 2.81. The summed E-state index contributed by atoms with van der Waals surface area (Å²) in [5, 5.41) is 14.2. The zero-order valence-corrected chi connectivity index (χ0v) is 19.9. The SMILES string of the molecule is C[C@@H](NC(O)c1ccc(-c2cc(C3CCN(C)C(=O)C3)cnc2N)cc1F)c1cccc(Cl)c1. The number of likely N-dealkylation sites (tertiary alicyclic amines) is 1. The van der Waals surface area contributed by atoms with Crippen LogP contribution in [0.5, 0.6) is 0 Å². The van der Waals surface area contributed by atoms with E-state index in [2.05, 4.69) is 10.3 Å². The molecule has 0 spiro atoms. The summed E-state index contributed by atoms with van der Waals surface area (Å²) in [6.07, 6.45) is 1.73. The molecule has 2 aromatic carbocycles. The largest absolute Gasteiger partial charge is 0.383 e. The third-order valence-electron chi connectivity index (χ3n) is 6.43. The van der Waals surface area contributed by atoms with Gasteiger partial charge in [0.1, 0.15) is 17.9 Å². The van der Waals surface area contributed by atoms with Crippen LogP contribution >= 0.6 is 11.6 Å². The lowest BCUT2D eigenvalue weighted by atomic mass is 9.88. The Labute approximate surface area is 203 Å². The second kappa shape index (κ2) is 10.1. The second-order valence-electron chi connectivity index (χ2n) is 8.79. The summed E-state index contributed by atoms with van der Waals surface area (Å²) in [5.74, 6) is -0.129. The molecule has 3 atom stereocenters. The van der Waals surface area contributed by atoms with Gasteiger partial charge >= 0.3 is 0 Å². The van der Waals surface area contributed by atoms with E-state index in [0.29, 0.717) is 29.1 Å². The van der Waals surface area contributed by atoms with E-state index in [4.69, 9.17) is 17.3 Å². The van der Waals surface area contributed by atoms with E-state index in [1.165, 1.54) is 12.1 Å². The van der Waals surface area contributed by atoms with Gasteiger partial charge in [-0.05, 0) is 60.2 Å². The van der Waals surface area contributed by atoms with Crippen LogP contribution in [0, 0.1) is 5.82 Å². The van der Waals surface area contributed by atoms with Gasteiger partial charge in [-0.1, -0.05) is 35.9 Å². The Bertz CT molecular complexity index is 1210. The number of hydrogen-bond acceptors (Lipinski definition) is 5. The highest BCUT2D eigenvalue weighted by molar-refractivity contribution is 6.30. The quantitative estimate of drug-likeness (QED) is 0.439. The molecule has 0 aliphatic carbocycles. The van der Waals surface area contributed by atoms with Crippen LogP contribution in [0.3, 0.4) is 0 Å². The molecule has 0 radical (unpaired) electrons. The molecule has 1 aliphatic rings. The average molecular weight is 483 g/mol. The van der Waals surface area contributed by atoms with Crippen LogP contribution < -0.4 is 11.1 Å². The Balaban J connectivity index is 1.54. The number of nitrogen functional groups attached to an aromatic ring is 1. The van der Waals surface area contributed by atoms with Crippen LogP contribution in [-0.4, -0.2) is 34.5 Å². The van der Waals surface area contributed by atoms with Crippen molar-refractivity contribution in [3.63, 3.8) is 0 Å². The molecule has 34 heavy (non-hydrogen) atoms. The van der Waals surface area contributed by atoms with Gasteiger partial charge in [-0.15, -0.1) is 0 Å². The highest BCUT2D eigenvalue weighted by Crippen LogP contribution is 2.34. The van der Waals surface area contributed by atoms with E-state index in [1.54, 1.807) is 36.3 Å². The number of piperidine rings is 1. The molecule has 0 bridgehead atoms. The van der Waals surface area contributed by atoms with Crippen molar-refractivity contribution in [3.05, 3.63) is 82.3 Å². The lowest BCUT2D eigenvalue weighted by Gasteiger charge is -2.29. The molecule has 2 unspecified atom stereocenters. The highest BCUT2D eigenvalue weighted by Gasteiger charge is 2.25. The van der Waals surface area contributed by atoms with Crippen LogP contribution in [0.4, 0.5) is 10.2 Å². The molecule has 4 N–H and O–H groups in total. The molecule has 1 aromatic heterocycles. The van der Waals surface area contributed by atoms with Crippen molar-refractivity contribution in [1.29, 1.82) is 0 Å². The molecule has 4 rings (SSSR count). The number of pyridine rings is 1. The minimum absolute atomic E-state index is 0.0543. The Kier molecular flexibility index (Phi) is 7.16. The molecule has 1 fully saturated rings. The number of carbonyl (C=O) groups excluding carboxylic acids is 1. The molecular weight excluding hydrogens is 455 g/mol.